The van der Waals surface area contributed by atoms with Crippen LogP contribution < -0.4 is 10.2 Å². The first kappa shape index (κ1) is 19.2. The minimum absolute atomic E-state index is 0.0153. The van der Waals surface area contributed by atoms with E-state index >= 15 is 0 Å². The fourth-order valence-electron chi connectivity index (χ4n) is 2.80. The molecule has 144 valence electrons. The number of carbonyl (C=O) groups is 1. The average molecular weight is 400 g/mol. The van der Waals surface area contributed by atoms with E-state index in [1.165, 1.54) is 12.1 Å². The number of alkyl halides is 3. The Morgan fingerprint density at radius 1 is 1.15 bits per heavy atom. The van der Waals surface area contributed by atoms with Gasteiger partial charge in [-0.2, -0.15) is 13.2 Å². The summed E-state index contributed by atoms with van der Waals surface area (Å²) in [5, 5.41) is 2.56. The van der Waals surface area contributed by atoms with Crippen LogP contribution in [0.5, 0.6) is 0 Å². The number of hydrogen-bond donors (Lipinski definition) is 1. The van der Waals surface area contributed by atoms with Gasteiger partial charge in [0.1, 0.15) is 0 Å². The Balaban J connectivity index is 1.57. The average Bonchev–Trinajstić information content (AvgIpc) is 2.67. The molecule has 1 aliphatic heterocycles. The van der Waals surface area contributed by atoms with Crippen molar-refractivity contribution in [2.24, 2.45) is 0 Å². The lowest BCUT2D eigenvalue weighted by Gasteiger charge is -2.34. The molecular weight excluding hydrogens is 383 g/mol. The molecule has 6 nitrogen and oxygen atoms in total. The Bertz CT molecular complexity index is 795. The molecule has 0 radical (unpaired) electrons. The predicted octanol–water partition coefficient (Wildman–Crippen LogP) is 2.91. The van der Waals surface area contributed by atoms with Gasteiger partial charge in [0.2, 0.25) is 11.9 Å². The second-order valence-electron chi connectivity index (χ2n) is 5.96. The maximum Gasteiger partial charge on any atom is 0.418 e. The molecule has 0 atom stereocenters. The number of piperazine rings is 1. The highest BCUT2D eigenvalue weighted by Gasteiger charge is 2.34. The highest BCUT2D eigenvalue weighted by molar-refractivity contribution is 6.30. The number of benzene rings is 1. The summed E-state index contributed by atoms with van der Waals surface area (Å²) in [6.45, 7) is 1.79. The first-order valence-electron chi connectivity index (χ1n) is 8.25. The van der Waals surface area contributed by atoms with Crippen LogP contribution in [0.1, 0.15) is 5.56 Å². The van der Waals surface area contributed by atoms with Gasteiger partial charge in [-0.25, -0.2) is 9.97 Å². The lowest BCUT2D eigenvalue weighted by molar-refractivity contribution is -0.137. The maximum atomic E-state index is 13.1. The first-order chi connectivity index (χ1) is 12.8. The van der Waals surface area contributed by atoms with Gasteiger partial charge in [-0.15, -0.1) is 0 Å². The van der Waals surface area contributed by atoms with Crippen molar-refractivity contribution < 1.29 is 18.0 Å². The van der Waals surface area contributed by atoms with Crippen molar-refractivity contribution in [3.05, 3.63) is 47.2 Å². The number of nitrogens with one attached hydrogen (secondary N) is 1. The third-order valence-corrected chi connectivity index (χ3v) is 4.42. The van der Waals surface area contributed by atoms with Gasteiger partial charge in [0.15, 0.2) is 0 Å². The van der Waals surface area contributed by atoms with Gasteiger partial charge in [-0.05, 0) is 24.3 Å². The smallest absolute Gasteiger partial charge is 0.376 e. The highest BCUT2D eigenvalue weighted by Crippen LogP contribution is 2.36. The number of rotatable bonds is 4. The molecule has 0 saturated carbocycles. The summed E-state index contributed by atoms with van der Waals surface area (Å²) in [6.07, 6.45) is -1.26. The monoisotopic (exact) mass is 399 g/mol. The second-order valence-corrected chi connectivity index (χ2v) is 6.39. The van der Waals surface area contributed by atoms with Crippen molar-refractivity contribution >= 4 is 29.1 Å². The van der Waals surface area contributed by atoms with Crippen LogP contribution >= 0.6 is 11.6 Å². The van der Waals surface area contributed by atoms with Gasteiger partial charge in [0.25, 0.3) is 0 Å². The third-order valence-electron chi connectivity index (χ3n) is 4.18. The van der Waals surface area contributed by atoms with Crippen LogP contribution in [0.2, 0.25) is 5.02 Å². The fraction of sp³-hybridized carbons (Fsp3) is 0.353. The Hall–Kier alpha value is -2.55. The molecule has 3 rings (SSSR count). The zero-order valence-corrected chi connectivity index (χ0v) is 15.0. The zero-order valence-electron chi connectivity index (χ0n) is 14.2. The quantitative estimate of drug-likeness (QED) is 0.856. The fourth-order valence-corrected chi connectivity index (χ4v) is 2.97. The Kier molecular flexibility index (Phi) is 5.69. The van der Waals surface area contributed by atoms with Crippen LogP contribution in [0, 0.1) is 0 Å². The number of anilines is 2. The summed E-state index contributed by atoms with van der Waals surface area (Å²) < 4.78 is 39.3. The number of carbonyl (C=O) groups excluding carboxylic acids is 1. The summed E-state index contributed by atoms with van der Waals surface area (Å²) in [6, 6.07) is 5.14. The van der Waals surface area contributed by atoms with Crippen molar-refractivity contribution in [1.29, 1.82) is 0 Å². The summed E-state index contributed by atoms with van der Waals surface area (Å²) in [7, 11) is 0. The van der Waals surface area contributed by atoms with E-state index in [9.17, 15) is 18.0 Å². The van der Waals surface area contributed by atoms with E-state index in [4.69, 9.17) is 11.6 Å². The Labute approximate surface area is 159 Å². The molecule has 0 aliphatic carbocycles. The third kappa shape index (κ3) is 4.79. The van der Waals surface area contributed by atoms with Crippen molar-refractivity contribution in [2.45, 2.75) is 6.18 Å². The molecule has 1 fully saturated rings. The van der Waals surface area contributed by atoms with Crippen molar-refractivity contribution in [2.75, 3.05) is 42.9 Å². The first-order valence-corrected chi connectivity index (χ1v) is 8.63. The molecule has 1 amide bonds. The van der Waals surface area contributed by atoms with E-state index in [1.54, 1.807) is 23.4 Å². The molecule has 1 N–H and O–H groups in total. The number of amides is 1. The number of nitrogens with zero attached hydrogens (tertiary/aromatic N) is 4. The normalized spacial score (nSPS) is 15.0. The van der Waals surface area contributed by atoms with Crippen molar-refractivity contribution in [3.8, 4) is 0 Å². The van der Waals surface area contributed by atoms with Gasteiger partial charge >= 0.3 is 6.18 Å². The van der Waals surface area contributed by atoms with Crippen molar-refractivity contribution in [1.82, 2.24) is 14.9 Å². The Morgan fingerprint density at radius 2 is 1.81 bits per heavy atom. The van der Waals surface area contributed by atoms with E-state index < -0.39 is 11.7 Å². The van der Waals surface area contributed by atoms with E-state index in [0.29, 0.717) is 32.1 Å². The molecule has 0 bridgehead atoms. The lowest BCUT2D eigenvalue weighted by atomic mass is 10.1. The van der Waals surface area contributed by atoms with Crippen LogP contribution in [0.3, 0.4) is 0 Å². The van der Waals surface area contributed by atoms with E-state index in [2.05, 4.69) is 15.3 Å². The SMILES string of the molecule is O=C(CNc1ccc(Cl)cc1C(F)(F)F)N1CCN(c2ncccn2)CC1. The summed E-state index contributed by atoms with van der Waals surface area (Å²) in [4.78, 5) is 24.3. The number of aromatic nitrogens is 2. The molecule has 0 spiro atoms. The molecule has 0 unspecified atom stereocenters. The minimum Gasteiger partial charge on any atom is -0.376 e. The number of hydrogen-bond acceptors (Lipinski definition) is 5. The molecular formula is C17H17ClF3N5O. The molecule has 10 heteroatoms. The van der Waals surface area contributed by atoms with Gasteiger partial charge in [-0.1, -0.05) is 11.6 Å². The standard InChI is InChI=1S/C17H17ClF3N5O/c18-12-2-3-14(13(10-12)17(19,20)21)24-11-15(27)25-6-8-26(9-7-25)16-22-4-1-5-23-16/h1-5,10,24H,6-9,11H2. The van der Waals surface area contributed by atoms with Gasteiger partial charge in [0, 0.05) is 49.3 Å². The second kappa shape index (κ2) is 7.99. The summed E-state index contributed by atoms with van der Waals surface area (Å²) in [5.41, 5.74) is -1.06. The largest absolute Gasteiger partial charge is 0.418 e. The highest BCUT2D eigenvalue weighted by atomic mass is 35.5. The van der Waals surface area contributed by atoms with Gasteiger partial charge in [0.05, 0.1) is 12.1 Å². The van der Waals surface area contributed by atoms with Gasteiger partial charge < -0.3 is 15.1 Å². The molecule has 2 aromatic rings. The molecule has 2 heterocycles. The maximum absolute atomic E-state index is 13.1. The van der Waals surface area contributed by atoms with Crippen LogP contribution in [0.4, 0.5) is 24.8 Å². The van der Waals surface area contributed by atoms with Gasteiger partial charge in [-0.3, -0.25) is 4.79 Å². The van der Waals surface area contributed by atoms with E-state index in [-0.39, 0.29) is 23.2 Å². The Morgan fingerprint density at radius 3 is 2.44 bits per heavy atom. The summed E-state index contributed by atoms with van der Waals surface area (Å²) in [5.74, 6) is 0.324. The minimum atomic E-state index is -4.56. The molecule has 1 aliphatic rings. The molecule has 27 heavy (non-hydrogen) atoms. The van der Waals surface area contributed by atoms with Crippen molar-refractivity contribution in [3.63, 3.8) is 0 Å². The topological polar surface area (TPSA) is 61.4 Å². The van der Waals surface area contributed by atoms with Crippen LogP contribution in [-0.4, -0.2) is 53.5 Å². The van der Waals surface area contributed by atoms with E-state index in [0.717, 1.165) is 6.07 Å². The van der Waals surface area contributed by atoms with Crippen LogP contribution in [0.15, 0.2) is 36.7 Å². The molecule has 1 aromatic carbocycles. The molecule has 1 aromatic heterocycles. The molecule has 1 saturated heterocycles. The number of halogens is 4. The predicted molar refractivity (Wildman–Crippen MR) is 95.8 cm³/mol. The van der Waals surface area contributed by atoms with E-state index in [1.807, 2.05) is 4.90 Å². The lowest BCUT2D eigenvalue weighted by Crippen LogP contribution is -2.50. The zero-order chi connectivity index (χ0) is 19.4. The van der Waals surface area contributed by atoms with Crippen LogP contribution in [-0.2, 0) is 11.0 Å². The summed E-state index contributed by atoms with van der Waals surface area (Å²) >= 11 is 5.65. The van der Waals surface area contributed by atoms with Crippen LogP contribution in [0.25, 0.3) is 0 Å².